The molecule has 0 bridgehead atoms. The molecule has 1 aliphatic carbocycles. The molecule has 104 valence electrons. The molecular formula is C14H21N3OS. The summed E-state index contributed by atoms with van der Waals surface area (Å²) in [6.45, 7) is 6.80. The zero-order chi connectivity index (χ0) is 13.5. The molecule has 1 saturated heterocycles. The highest BCUT2D eigenvalue weighted by Crippen LogP contribution is 2.58. The van der Waals surface area contributed by atoms with E-state index in [0.717, 1.165) is 43.1 Å². The van der Waals surface area contributed by atoms with Crippen LogP contribution in [0.1, 0.15) is 34.8 Å². The number of nitrogens with zero attached hydrogens (tertiary/aromatic N) is 1. The molecular weight excluding hydrogens is 258 g/mol. The molecule has 2 N–H and O–H groups in total. The average molecular weight is 279 g/mol. The van der Waals surface area contributed by atoms with Crippen molar-refractivity contribution >= 4 is 17.2 Å². The number of carbonyl (C=O) groups excluding carboxylic acids is 1. The van der Waals surface area contributed by atoms with Gasteiger partial charge in [0.25, 0.3) is 0 Å². The van der Waals surface area contributed by atoms with Crippen LogP contribution in [-0.4, -0.2) is 24.0 Å². The number of piperidine rings is 1. The number of hydrogen-bond acceptors (Lipinski definition) is 4. The normalized spacial score (nSPS) is 24.4. The number of amides is 1. The molecule has 1 atom stereocenters. The second-order valence-corrected chi connectivity index (χ2v) is 7.12. The highest BCUT2D eigenvalue weighted by Gasteiger charge is 2.57. The number of nitrogens with one attached hydrogen (secondary N) is 2. The van der Waals surface area contributed by atoms with E-state index in [1.165, 1.54) is 4.88 Å². The topological polar surface area (TPSA) is 54.0 Å². The van der Waals surface area contributed by atoms with Gasteiger partial charge in [-0.05, 0) is 51.6 Å². The standard InChI is InChI=1S/C14H21N3OS/c1-9-10(2)19-12(17-9)8-16-13(18)11-7-14(11)3-5-15-6-4-14/h11,15H,3-8H2,1-2H3,(H,16,18). The molecule has 3 rings (SSSR count). The lowest BCUT2D eigenvalue weighted by atomic mass is 9.92. The van der Waals surface area contributed by atoms with E-state index in [0.29, 0.717) is 12.0 Å². The molecule has 5 heteroatoms. The smallest absolute Gasteiger partial charge is 0.224 e. The summed E-state index contributed by atoms with van der Waals surface area (Å²) in [6.07, 6.45) is 3.39. The van der Waals surface area contributed by atoms with Crippen LogP contribution in [0.15, 0.2) is 0 Å². The van der Waals surface area contributed by atoms with E-state index in [1.807, 2.05) is 6.92 Å². The SMILES string of the molecule is Cc1nc(CNC(=O)C2CC23CCNCC3)sc1C. The van der Waals surface area contributed by atoms with Gasteiger partial charge in [-0.1, -0.05) is 0 Å². The predicted molar refractivity (Wildman–Crippen MR) is 76.1 cm³/mol. The molecule has 0 radical (unpaired) electrons. The zero-order valence-electron chi connectivity index (χ0n) is 11.6. The third kappa shape index (κ3) is 2.54. The van der Waals surface area contributed by atoms with Crippen LogP contribution in [0.2, 0.25) is 0 Å². The van der Waals surface area contributed by atoms with Crippen molar-refractivity contribution in [3.63, 3.8) is 0 Å². The Labute approximate surface area is 118 Å². The van der Waals surface area contributed by atoms with Gasteiger partial charge in [-0.25, -0.2) is 4.98 Å². The molecule has 4 nitrogen and oxygen atoms in total. The number of rotatable bonds is 3. The highest BCUT2D eigenvalue weighted by atomic mass is 32.1. The Morgan fingerprint density at radius 1 is 1.47 bits per heavy atom. The Bertz CT molecular complexity index is 471. The highest BCUT2D eigenvalue weighted by molar-refractivity contribution is 7.11. The van der Waals surface area contributed by atoms with Crippen LogP contribution < -0.4 is 10.6 Å². The maximum Gasteiger partial charge on any atom is 0.224 e. The van der Waals surface area contributed by atoms with Crippen molar-refractivity contribution < 1.29 is 4.79 Å². The van der Waals surface area contributed by atoms with Crippen molar-refractivity contribution in [2.24, 2.45) is 11.3 Å². The lowest BCUT2D eigenvalue weighted by Crippen LogP contribution is -2.33. The second kappa shape index (κ2) is 4.87. The number of aryl methyl sites for hydroxylation is 2. The monoisotopic (exact) mass is 279 g/mol. The minimum atomic E-state index is 0.229. The van der Waals surface area contributed by atoms with Gasteiger partial charge in [-0.15, -0.1) is 11.3 Å². The van der Waals surface area contributed by atoms with Gasteiger partial charge >= 0.3 is 0 Å². The first-order chi connectivity index (χ1) is 9.11. The van der Waals surface area contributed by atoms with Crippen LogP contribution in [-0.2, 0) is 11.3 Å². The lowest BCUT2D eigenvalue weighted by Gasteiger charge is -2.23. The fraction of sp³-hybridized carbons (Fsp3) is 0.714. The van der Waals surface area contributed by atoms with Crippen molar-refractivity contribution in [1.29, 1.82) is 0 Å². The molecule has 2 fully saturated rings. The largest absolute Gasteiger partial charge is 0.349 e. The molecule has 2 aliphatic rings. The Morgan fingerprint density at radius 3 is 2.84 bits per heavy atom. The molecule has 1 unspecified atom stereocenters. The lowest BCUT2D eigenvalue weighted by molar-refractivity contribution is -0.123. The van der Waals surface area contributed by atoms with E-state index in [2.05, 4.69) is 22.5 Å². The maximum atomic E-state index is 12.2. The van der Waals surface area contributed by atoms with Crippen molar-refractivity contribution in [2.45, 2.75) is 39.7 Å². The van der Waals surface area contributed by atoms with Crippen LogP contribution in [0, 0.1) is 25.2 Å². The fourth-order valence-corrected chi connectivity index (χ4v) is 3.97. The summed E-state index contributed by atoms with van der Waals surface area (Å²) >= 11 is 1.68. The molecule has 1 amide bonds. The number of thiazole rings is 1. The summed E-state index contributed by atoms with van der Waals surface area (Å²) in [6, 6.07) is 0. The molecule has 2 heterocycles. The van der Waals surface area contributed by atoms with E-state index in [9.17, 15) is 4.79 Å². The summed E-state index contributed by atoms with van der Waals surface area (Å²) in [5, 5.41) is 7.45. The van der Waals surface area contributed by atoms with E-state index in [4.69, 9.17) is 0 Å². The van der Waals surface area contributed by atoms with Crippen LogP contribution >= 0.6 is 11.3 Å². The molecule has 1 saturated carbocycles. The predicted octanol–water partition coefficient (Wildman–Crippen LogP) is 1.77. The van der Waals surface area contributed by atoms with Gasteiger partial charge in [0, 0.05) is 10.8 Å². The molecule has 1 spiro atoms. The molecule has 1 aromatic rings. The van der Waals surface area contributed by atoms with Gasteiger partial charge in [0.1, 0.15) is 5.01 Å². The number of aromatic nitrogens is 1. The van der Waals surface area contributed by atoms with Crippen molar-refractivity contribution in [3.8, 4) is 0 Å². The van der Waals surface area contributed by atoms with Crippen LogP contribution in [0.4, 0.5) is 0 Å². The first-order valence-electron chi connectivity index (χ1n) is 7.02. The van der Waals surface area contributed by atoms with Gasteiger partial charge in [0.2, 0.25) is 5.91 Å². The third-order valence-electron chi connectivity index (χ3n) is 4.59. The zero-order valence-corrected chi connectivity index (χ0v) is 12.4. The average Bonchev–Trinajstić information content (AvgIpc) is 2.99. The molecule has 1 aliphatic heterocycles. The molecule has 19 heavy (non-hydrogen) atoms. The summed E-state index contributed by atoms with van der Waals surface area (Å²) < 4.78 is 0. The maximum absolute atomic E-state index is 12.2. The van der Waals surface area contributed by atoms with E-state index >= 15 is 0 Å². The Balaban J connectivity index is 1.52. The second-order valence-electron chi connectivity index (χ2n) is 5.84. The van der Waals surface area contributed by atoms with Crippen molar-refractivity contribution in [1.82, 2.24) is 15.6 Å². The van der Waals surface area contributed by atoms with Gasteiger partial charge < -0.3 is 10.6 Å². The Hall–Kier alpha value is -0.940. The van der Waals surface area contributed by atoms with E-state index in [-0.39, 0.29) is 11.8 Å². The summed E-state index contributed by atoms with van der Waals surface area (Å²) in [5.41, 5.74) is 1.40. The minimum absolute atomic E-state index is 0.229. The Morgan fingerprint density at radius 2 is 2.21 bits per heavy atom. The van der Waals surface area contributed by atoms with Gasteiger partial charge in [-0.3, -0.25) is 4.79 Å². The minimum Gasteiger partial charge on any atom is -0.349 e. The first-order valence-corrected chi connectivity index (χ1v) is 7.84. The van der Waals surface area contributed by atoms with Crippen molar-refractivity contribution in [3.05, 3.63) is 15.6 Å². The van der Waals surface area contributed by atoms with Gasteiger partial charge in [-0.2, -0.15) is 0 Å². The van der Waals surface area contributed by atoms with Crippen LogP contribution in [0.3, 0.4) is 0 Å². The molecule has 0 aromatic carbocycles. The van der Waals surface area contributed by atoms with E-state index in [1.54, 1.807) is 11.3 Å². The first kappa shape index (κ1) is 13.1. The summed E-state index contributed by atoms with van der Waals surface area (Å²) in [5.74, 6) is 0.476. The van der Waals surface area contributed by atoms with Crippen LogP contribution in [0.5, 0.6) is 0 Å². The van der Waals surface area contributed by atoms with Crippen LogP contribution in [0.25, 0.3) is 0 Å². The Kier molecular flexibility index (Phi) is 3.35. The summed E-state index contributed by atoms with van der Waals surface area (Å²) in [7, 11) is 0. The van der Waals surface area contributed by atoms with Gasteiger partial charge in [0.15, 0.2) is 0 Å². The van der Waals surface area contributed by atoms with Crippen molar-refractivity contribution in [2.75, 3.05) is 13.1 Å². The number of hydrogen-bond donors (Lipinski definition) is 2. The number of carbonyl (C=O) groups is 1. The molecule has 1 aromatic heterocycles. The quantitative estimate of drug-likeness (QED) is 0.886. The van der Waals surface area contributed by atoms with Gasteiger partial charge in [0.05, 0.1) is 12.2 Å². The van der Waals surface area contributed by atoms with E-state index < -0.39 is 0 Å². The third-order valence-corrected chi connectivity index (χ3v) is 5.67. The fourth-order valence-electron chi connectivity index (χ4n) is 3.10. The summed E-state index contributed by atoms with van der Waals surface area (Å²) in [4.78, 5) is 17.9.